The van der Waals surface area contributed by atoms with E-state index < -0.39 is 0 Å². The number of methoxy groups -OCH3 is 1. The maximum atomic E-state index is 5.34. The summed E-state index contributed by atoms with van der Waals surface area (Å²) in [6.07, 6.45) is 3.96. The predicted molar refractivity (Wildman–Crippen MR) is 71.8 cm³/mol. The summed E-state index contributed by atoms with van der Waals surface area (Å²) in [7, 11) is 3.64. The lowest BCUT2D eigenvalue weighted by Gasteiger charge is -2.08. The van der Waals surface area contributed by atoms with Gasteiger partial charge in [0.05, 0.1) is 19.9 Å². The second kappa shape index (κ2) is 5.69. The molecule has 0 radical (unpaired) electrons. The SMILES string of the molecule is CNC(C)c1cnn(Cc2ccccc2OC)c1. The molecule has 1 N–H and O–H groups in total. The molecule has 0 saturated heterocycles. The van der Waals surface area contributed by atoms with Crippen LogP contribution in [0.5, 0.6) is 5.75 Å². The van der Waals surface area contributed by atoms with Crippen molar-refractivity contribution in [2.24, 2.45) is 0 Å². The molecule has 2 rings (SSSR count). The van der Waals surface area contributed by atoms with Crippen molar-refractivity contribution >= 4 is 0 Å². The summed E-state index contributed by atoms with van der Waals surface area (Å²) in [5.41, 5.74) is 2.32. The van der Waals surface area contributed by atoms with Gasteiger partial charge < -0.3 is 10.1 Å². The van der Waals surface area contributed by atoms with Crippen molar-refractivity contribution in [2.45, 2.75) is 19.5 Å². The first-order chi connectivity index (χ1) is 8.74. The van der Waals surface area contributed by atoms with Crippen molar-refractivity contribution in [3.8, 4) is 5.75 Å². The highest BCUT2D eigenvalue weighted by atomic mass is 16.5. The highest BCUT2D eigenvalue weighted by molar-refractivity contribution is 5.33. The largest absolute Gasteiger partial charge is 0.496 e. The fourth-order valence-electron chi connectivity index (χ4n) is 1.86. The number of hydrogen-bond acceptors (Lipinski definition) is 3. The van der Waals surface area contributed by atoms with Gasteiger partial charge >= 0.3 is 0 Å². The van der Waals surface area contributed by atoms with Gasteiger partial charge in [-0.05, 0) is 20.0 Å². The number of rotatable bonds is 5. The number of nitrogens with one attached hydrogen (secondary N) is 1. The summed E-state index contributed by atoms with van der Waals surface area (Å²) >= 11 is 0. The summed E-state index contributed by atoms with van der Waals surface area (Å²) < 4.78 is 7.27. The van der Waals surface area contributed by atoms with Gasteiger partial charge in [-0.1, -0.05) is 18.2 Å². The fourth-order valence-corrected chi connectivity index (χ4v) is 1.86. The molecular weight excluding hydrogens is 226 g/mol. The van der Waals surface area contributed by atoms with E-state index in [0.29, 0.717) is 6.04 Å². The van der Waals surface area contributed by atoms with Crippen molar-refractivity contribution in [1.82, 2.24) is 15.1 Å². The molecule has 1 atom stereocenters. The van der Waals surface area contributed by atoms with Crippen LogP contribution in [0, 0.1) is 0 Å². The van der Waals surface area contributed by atoms with Gasteiger partial charge in [-0.3, -0.25) is 4.68 Å². The number of aromatic nitrogens is 2. The highest BCUT2D eigenvalue weighted by Crippen LogP contribution is 2.19. The van der Waals surface area contributed by atoms with E-state index in [9.17, 15) is 0 Å². The normalized spacial score (nSPS) is 12.4. The van der Waals surface area contributed by atoms with Crippen LogP contribution in [-0.4, -0.2) is 23.9 Å². The van der Waals surface area contributed by atoms with Gasteiger partial charge in [0, 0.05) is 23.4 Å². The number of ether oxygens (including phenoxy) is 1. The van der Waals surface area contributed by atoms with E-state index in [1.165, 1.54) is 5.56 Å². The van der Waals surface area contributed by atoms with E-state index in [1.807, 2.05) is 36.1 Å². The van der Waals surface area contributed by atoms with E-state index in [2.05, 4.69) is 29.6 Å². The molecule has 0 fully saturated rings. The molecule has 2 aromatic rings. The number of para-hydroxylation sites is 1. The molecule has 18 heavy (non-hydrogen) atoms. The lowest BCUT2D eigenvalue weighted by molar-refractivity contribution is 0.407. The highest BCUT2D eigenvalue weighted by Gasteiger charge is 2.07. The zero-order chi connectivity index (χ0) is 13.0. The standard InChI is InChI=1S/C14H19N3O/c1-11(15-2)13-8-16-17(10-13)9-12-6-4-5-7-14(12)18-3/h4-8,10-11,15H,9H2,1-3H3. The fraction of sp³-hybridized carbons (Fsp3) is 0.357. The molecule has 1 unspecified atom stereocenters. The third-order valence-electron chi connectivity index (χ3n) is 3.11. The quantitative estimate of drug-likeness (QED) is 0.878. The van der Waals surface area contributed by atoms with Gasteiger partial charge in [0.2, 0.25) is 0 Å². The van der Waals surface area contributed by atoms with Crippen LogP contribution in [-0.2, 0) is 6.54 Å². The number of nitrogens with zero attached hydrogens (tertiary/aromatic N) is 2. The first-order valence-corrected chi connectivity index (χ1v) is 6.06. The molecule has 0 bridgehead atoms. The molecule has 0 amide bonds. The second-order valence-electron chi connectivity index (χ2n) is 4.29. The maximum absolute atomic E-state index is 5.34. The van der Waals surface area contributed by atoms with Gasteiger partial charge in [-0.15, -0.1) is 0 Å². The first kappa shape index (κ1) is 12.6. The summed E-state index contributed by atoms with van der Waals surface area (Å²) in [4.78, 5) is 0. The van der Waals surface area contributed by atoms with Crippen LogP contribution in [0.1, 0.15) is 24.1 Å². The van der Waals surface area contributed by atoms with Crippen LogP contribution >= 0.6 is 0 Å². The zero-order valence-corrected chi connectivity index (χ0v) is 11.1. The minimum absolute atomic E-state index is 0.316. The minimum atomic E-state index is 0.316. The topological polar surface area (TPSA) is 39.1 Å². The van der Waals surface area contributed by atoms with Crippen LogP contribution in [0.15, 0.2) is 36.7 Å². The lowest BCUT2D eigenvalue weighted by atomic mass is 10.2. The first-order valence-electron chi connectivity index (χ1n) is 6.06. The maximum Gasteiger partial charge on any atom is 0.123 e. The third kappa shape index (κ3) is 2.71. The molecule has 4 nitrogen and oxygen atoms in total. The zero-order valence-electron chi connectivity index (χ0n) is 11.1. The Labute approximate surface area is 108 Å². The summed E-state index contributed by atoms with van der Waals surface area (Å²) in [5, 5.41) is 7.58. The van der Waals surface area contributed by atoms with E-state index in [0.717, 1.165) is 17.9 Å². The Morgan fingerprint density at radius 2 is 2.17 bits per heavy atom. The Bertz CT molecular complexity index is 507. The Kier molecular flexibility index (Phi) is 3.99. The van der Waals surface area contributed by atoms with Crippen molar-refractivity contribution in [2.75, 3.05) is 14.2 Å². The Hall–Kier alpha value is -1.81. The molecule has 1 aromatic carbocycles. The Balaban J connectivity index is 2.16. The summed E-state index contributed by atoms with van der Waals surface area (Å²) in [6.45, 7) is 2.84. The molecule has 0 saturated carbocycles. The van der Waals surface area contributed by atoms with Crippen LogP contribution in [0.4, 0.5) is 0 Å². The molecule has 0 aliphatic heterocycles. The molecule has 0 spiro atoms. The van der Waals surface area contributed by atoms with E-state index in [-0.39, 0.29) is 0 Å². The molecule has 1 heterocycles. The Morgan fingerprint density at radius 1 is 1.39 bits per heavy atom. The number of benzene rings is 1. The number of hydrogen-bond donors (Lipinski definition) is 1. The molecule has 0 aliphatic carbocycles. The lowest BCUT2D eigenvalue weighted by Crippen LogP contribution is -2.11. The summed E-state index contributed by atoms with van der Waals surface area (Å²) in [6, 6.07) is 8.33. The van der Waals surface area contributed by atoms with E-state index in [4.69, 9.17) is 4.74 Å². The Morgan fingerprint density at radius 3 is 2.89 bits per heavy atom. The van der Waals surface area contributed by atoms with Crippen LogP contribution in [0.25, 0.3) is 0 Å². The van der Waals surface area contributed by atoms with Gasteiger partial charge in [-0.25, -0.2) is 0 Å². The van der Waals surface area contributed by atoms with Crippen molar-refractivity contribution < 1.29 is 4.74 Å². The predicted octanol–water partition coefficient (Wildman–Crippen LogP) is 2.22. The molecule has 1 aromatic heterocycles. The molecule has 96 valence electrons. The molecular formula is C14H19N3O. The van der Waals surface area contributed by atoms with Crippen LogP contribution < -0.4 is 10.1 Å². The van der Waals surface area contributed by atoms with Gasteiger partial charge in [0.25, 0.3) is 0 Å². The van der Waals surface area contributed by atoms with E-state index in [1.54, 1.807) is 7.11 Å². The van der Waals surface area contributed by atoms with Crippen molar-refractivity contribution in [3.05, 3.63) is 47.8 Å². The molecule has 0 aliphatic rings. The summed E-state index contributed by atoms with van der Waals surface area (Å²) in [5.74, 6) is 0.899. The van der Waals surface area contributed by atoms with Gasteiger partial charge in [0.1, 0.15) is 5.75 Å². The average Bonchev–Trinajstić information content (AvgIpc) is 2.87. The molecule has 4 heteroatoms. The monoisotopic (exact) mass is 245 g/mol. The van der Waals surface area contributed by atoms with Crippen molar-refractivity contribution in [1.29, 1.82) is 0 Å². The van der Waals surface area contributed by atoms with Crippen LogP contribution in [0.2, 0.25) is 0 Å². The third-order valence-corrected chi connectivity index (χ3v) is 3.11. The smallest absolute Gasteiger partial charge is 0.123 e. The van der Waals surface area contributed by atoms with Gasteiger partial charge in [-0.2, -0.15) is 5.10 Å². The van der Waals surface area contributed by atoms with Crippen LogP contribution in [0.3, 0.4) is 0 Å². The second-order valence-corrected chi connectivity index (χ2v) is 4.29. The average molecular weight is 245 g/mol. The van der Waals surface area contributed by atoms with Crippen molar-refractivity contribution in [3.63, 3.8) is 0 Å². The van der Waals surface area contributed by atoms with E-state index >= 15 is 0 Å². The van der Waals surface area contributed by atoms with Gasteiger partial charge in [0.15, 0.2) is 0 Å². The minimum Gasteiger partial charge on any atom is -0.496 e.